The van der Waals surface area contributed by atoms with Crippen LogP contribution >= 0.6 is 26.6 Å². The van der Waals surface area contributed by atoms with Crippen molar-refractivity contribution in [2.45, 2.75) is 18.2 Å². The average molecular weight is 309 g/mol. The highest BCUT2D eigenvalue weighted by Crippen LogP contribution is 2.30. The summed E-state index contributed by atoms with van der Waals surface area (Å²) in [6, 6.07) is 4.74. The summed E-state index contributed by atoms with van der Waals surface area (Å²) in [5.41, 5.74) is 0.931. The van der Waals surface area contributed by atoms with E-state index in [1.54, 1.807) is 6.92 Å². The van der Waals surface area contributed by atoms with Gasteiger partial charge in [-0.05, 0) is 40.0 Å². The molecule has 0 aliphatic heterocycles. The molecule has 0 bridgehead atoms. The van der Waals surface area contributed by atoms with Crippen LogP contribution in [0.3, 0.4) is 0 Å². The van der Waals surface area contributed by atoms with Gasteiger partial charge in [0.05, 0.1) is 10.5 Å². The maximum absolute atomic E-state index is 11.2. The highest BCUT2D eigenvalue weighted by Gasteiger charge is 2.18. The van der Waals surface area contributed by atoms with Crippen LogP contribution in [0.1, 0.15) is 18.1 Å². The number of nitrogens with zero attached hydrogens (tertiary/aromatic N) is 1. The van der Waals surface area contributed by atoms with Crippen molar-refractivity contribution >= 4 is 35.7 Å². The molecule has 80 valence electrons. The zero-order valence-electron chi connectivity index (χ0n) is 7.79. The van der Waals surface area contributed by atoms with Gasteiger partial charge in [0.15, 0.2) is 0 Å². The van der Waals surface area contributed by atoms with E-state index in [0.717, 1.165) is 0 Å². The van der Waals surface area contributed by atoms with Crippen molar-refractivity contribution in [2.75, 3.05) is 0 Å². The van der Waals surface area contributed by atoms with Gasteiger partial charge in [0.1, 0.15) is 6.07 Å². The Bertz CT molecular complexity index is 534. The van der Waals surface area contributed by atoms with Gasteiger partial charge in [0.25, 0.3) is 9.05 Å². The molecule has 0 spiro atoms. The molecule has 0 aliphatic rings. The Kier molecular flexibility index (Phi) is 3.77. The first-order valence-electron chi connectivity index (χ1n) is 4.08. The first-order chi connectivity index (χ1) is 6.91. The molecule has 15 heavy (non-hydrogen) atoms. The number of halogens is 2. The van der Waals surface area contributed by atoms with Crippen LogP contribution in [0.2, 0.25) is 0 Å². The predicted molar refractivity (Wildman–Crippen MR) is 61.3 cm³/mol. The minimum absolute atomic E-state index is 0.0533. The average Bonchev–Trinajstić information content (AvgIpc) is 2.15. The van der Waals surface area contributed by atoms with Gasteiger partial charge in [-0.3, -0.25) is 0 Å². The fourth-order valence-corrected chi connectivity index (χ4v) is 3.30. The molecule has 0 radical (unpaired) electrons. The van der Waals surface area contributed by atoms with Crippen molar-refractivity contribution in [2.24, 2.45) is 0 Å². The van der Waals surface area contributed by atoms with Gasteiger partial charge >= 0.3 is 0 Å². The summed E-state index contributed by atoms with van der Waals surface area (Å²) in [5, 5.41) is 8.77. The third-order valence-corrected chi connectivity index (χ3v) is 4.25. The maximum Gasteiger partial charge on any atom is 0.261 e. The summed E-state index contributed by atoms with van der Waals surface area (Å²) >= 11 is 3.20. The van der Waals surface area contributed by atoms with E-state index in [1.165, 1.54) is 12.1 Å². The van der Waals surface area contributed by atoms with E-state index in [9.17, 15) is 8.42 Å². The quantitative estimate of drug-likeness (QED) is 0.789. The van der Waals surface area contributed by atoms with Crippen LogP contribution in [-0.4, -0.2) is 8.42 Å². The molecule has 0 fully saturated rings. The van der Waals surface area contributed by atoms with Gasteiger partial charge in [0, 0.05) is 15.2 Å². The summed E-state index contributed by atoms with van der Waals surface area (Å²) in [5.74, 6) is 0. The molecule has 0 unspecified atom stereocenters. The summed E-state index contributed by atoms with van der Waals surface area (Å²) in [6.07, 6.45) is 0.484. The Hall–Kier alpha value is -0.570. The van der Waals surface area contributed by atoms with Crippen molar-refractivity contribution in [3.8, 4) is 6.07 Å². The first-order valence-corrected chi connectivity index (χ1v) is 7.18. The lowest BCUT2D eigenvalue weighted by atomic mass is 10.1. The fraction of sp³-hybridized carbons (Fsp3) is 0.222. The van der Waals surface area contributed by atoms with E-state index in [2.05, 4.69) is 15.9 Å². The molecule has 0 aromatic heterocycles. The zero-order valence-corrected chi connectivity index (χ0v) is 10.9. The van der Waals surface area contributed by atoms with Crippen LogP contribution in [0.15, 0.2) is 21.5 Å². The highest BCUT2D eigenvalue weighted by atomic mass is 79.9. The smallest absolute Gasteiger partial charge is 0.207 e. The molecule has 6 heteroatoms. The number of benzene rings is 1. The van der Waals surface area contributed by atoms with Crippen molar-refractivity contribution < 1.29 is 8.42 Å². The predicted octanol–water partition coefficient (Wildman–Crippen LogP) is 2.81. The second-order valence-electron chi connectivity index (χ2n) is 2.81. The number of nitriles is 1. The van der Waals surface area contributed by atoms with Crippen LogP contribution in [0.25, 0.3) is 0 Å². The van der Waals surface area contributed by atoms with Crippen LogP contribution in [0, 0.1) is 11.3 Å². The summed E-state index contributed by atoms with van der Waals surface area (Å²) in [7, 11) is 1.52. The first kappa shape index (κ1) is 12.5. The van der Waals surface area contributed by atoms with Gasteiger partial charge in [-0.15, -0.1) is 0 Å². The van der Waals surface area contributed by atoms with Crippen LogP contribution < -0.4 is 0 Å². The van der Waals surface area contributed by atoms with E-state index >= 15 is 0 Å². The van der Waals surface area contributed by atoms with E-state index in [-0.39, 0.29) is 4.90 Å². The van der Waals surface area contributed by atoms with Crippen LogP contribution in [0.4, 0.5) is 0 Å². The Morgan fingerprint density at radius 1 is 1.53 bits per heavy atom. The molecule has 0 amide bonds. The summed E-state index contributed by atoms with van der Waals surface area (Å²) < 4.78 is 22.9. The molecule has 0 heterocycles. The van der Waals surface area contributed by atoms with Crippen molar-refractivity contribution in [3.63, 3.8) is 0 Å². The Morgan fingerprint density at radius 2 is 2.13 bits per heavy atom. The highest BCUT2D eigenvalue weighted by molar-refractivity contribution is 9.10. The topological polar surface area (TPSA) is 57.9 Å². The van der Waals surface area contributed by atoms with Crippen molar-refractivity contribution in [1.82, 2.24) is 0 Å². The maximum atomic E-state index is 11.2. The fourth-order valence-electron chi connectivity index (χ4n) is 1.25. The number of hydrogen-bond donors (Lipinski definition) is 0. The summed E-state index contributed by atoms with van der Waals surface area (Å²) in [6.45, 7) is 1.80. The lowest BCUT2D eigenvalue weighted by Gasteiger charge is -2.07. The zero-order chi connectivity index (χ0) is 11.6. The Labute approximate surface area is 101 Å². The van der Waals surface area contributed by atoms with E-state index in [0.29, 0.717) is 22.0 Å². The second kappa shape index (κ2) is 4.52. The van der Waals surface area contributed by atoms with E-state index in [1.807, 2.05) is 6.07 Å². The van der Waals surface area contributed by atoms with Crippen molar-refractivity contribution in [3.05, 3.63) is 27.7 Å². The molecule has 1 aromatic carbocycles. The van der Waals surface area contributed by atoms with Gasteiger partial charge in [-0.1, -0.05) is 6.92 Å². The monoisotopic (exact) mass is 307 g/mol. The molecule has 1 aromatic rings. The SMILES string of the molecule is CCc1c(S(=O)(=O)Cl)ccc(C#N)c1Br. The third-order valence-electron chi connectivity index (χ3n) is 1.94. The molecule has 0 N–H and O–H groups in total. The third kappa shape index (κ3) is 2.51. The molecule has 0 saturated carbocycles. The van der Waals surface area contributed by atoms with Crippen molar-refractivity contribution in [1.29, 1.82) is 5.26 Å². The Balaban J connectivity index is 3.61. The minimum Gasteiger partial charge on any atom is -0.207 e. The Morgan fingerprint density at radius 3 is 2.53 bits per heavy atom. The van der Waals surface area contributed by atoms with Gasteiger partial charge in [-0.2, -0.15) is 5.26 Å². The van der Waals surface area contributed by atoms with Crippen LogP contribution in [0.5, 0.6) is 0 Å². The van der Waals surface area contributed by atoms with Crippen LogP contribution in [-0.2, 0) is 15.5 Å². The van der Waals surface area contributed by atoms with Gasteiger partial charge in [-0.25, -0.2) is 8.42 Å². The lowest BCUT2D eigenvalue weighted by Crippen LogP contribution is -1.99. The standard InChI is InChI=1S/C9H7BrClNO2S/c1-2-7-8(15(11,13)14)4-3-6(5-12)9(7)10/h3-4H,2H2,1H3. The molecular weight excluding hydrogens is 302 g/mol. The largest absolute Gasteiger partial charge is 0.261 e. The number of rotatable bonds is 2. The second-order valence-corrected chi connectivity index (χ2v) is 6.13. The molecule has 3 nitrogen and oxygen atoms in total. The van der Waals surface area contributed by atoms with E-state index < -0.39 is 9.05 Å². The molecule has 0 aliphatic carbocycles. The van der Waals surface area contributed by atoms with Gasteiger partial charge < -0.3 is 0 Å². The van der Waals surface area contributed by atoms with Gasteiger partial charge in [0.2, 0.25) is 0 Å². The normalized spacial score (nSPS) is 11.1. The minimum atomic E-state index is -3.76. The number of hydrogen-bond acceptors (Lipinski definition) is 3. The molecule has 0 atom stereocenters. The lowest BCUT2D eigenvalue weighted by molar-refractivity contribution is 0.608. The molecular formula is C9H7BrClNO2S. The molecule has 1 rings (SSSR count). The molecule has 0 saturated heterocycles. The summed E-state index contributed by atoms with van der Waals surface area (Å²) in [4.78, 5) is 0.0533. The van der Waals surface area contributed by atoms with E-state index in [4.69, 9.17) is 15.9 Å².